The van der Waals surface area contributed by atoms with Crippen LogP contribution in [0.5, 0.6) is 0 Å². The normalized spacial score (nSPS) is 26.6. The Morgan fingerprint density at radius 3 is 2.79 bits per heavy atom. The van der Waals surface area contributed by atoms with Gasteiger partial charge in [0.2, 0.25) is 0 Å². The van der Waals surface area contributed by atoms with Crippen LogP contribution in [-0.2, 0) is 9.53 Å². The van der Waals surface area contributed by atoms with E-state index in [9.17, 15) is 4.79 Å². The van der Waals surface area contributed by atoms with E-state index in [-0.39, 0.29) is 12.0 Å². The summed E-state index contributed by atoms with van der Waals surface area (Å²) in [6.45, 7) is 5.16. The summed E-state index contributed by atoms with van der Waals surface area (Å²) in [4.78, 5) is 13.7. The lowest BCUT2D eigenvalue weighted by Crippen LogP contribution is -2.44. The number of carbonyl (C=O) groups is 1. The van der Waals surface area contributed by atoms with E-state index >= 15 is 0 Å². The lowest BCUT2D eigenvalue weighted by Gasteiger charge is -2.31. The van der Waals surface area contributed by atoms with Gasteiger partial charge in [-0.2, -0.15) is 0 Å². The van der Waals surface area contributed by atoms with Gasteiger partial charge in [-0.15, -0.1) is 0 Å². The van der Waals surface area contributed by atoms with Gasteiger partial charge in [0.1, 0.15) is 6.04 Å². The minimum absolute atomic E-state index is 0.0897. The van der Waals surface area contributed by atoms with Crippen LogP contribution < -0.4 is 0 Å². The van der Waals surface area contributed by atoms with E-state index in [1.807, 2.05) is 6.92 Å². The zero-order chi connectivity index (χ0) is 10.6. The molecule has 0 saturated carbocycles. The van der Waals surface area contributed by atoms with E-state index in [2.05, 4.69) is 11.8 Å². The molecule has 1 fully saturated rings. The molecule has 3 heteroatoms. The van der Waals surface area contributed by atoms with E-state index in [1.165, 1.54) is 32.8 Å². The largest absolute Gasteiger partial charge is 0.468 e. The third kappa shape index (κ3) is 2.71. The summed E-state index contributed by atoms with van der Waals surface area (Å²) >= 11 is 0. The van der Waals surface area contributed by atoms with Crippen molar-refractivity contribution in [1.82, 2.24) is 4.90 Å². The number of likely N-dealkylation sites (tertiary alicyclic amines) is 1. The molecule has 0 spiro atoms. The number of methoxy groups -OCH3 is 1. The second-order valence-electron chi connectivity index (χ2n) is 4.14. The second-order valence-corrected chi connectivity index (χ2v) is 4.14. The van der Waals surface area contributed by atoms with Gasteiger partial charge in [-0.3, -0.25) is 9.69 Å². The molecule has 0 bridgehead atoms. The predicted molar refractivity (Wildman–Crippen MR) is 56.1 cm³/mol. The maximum atomic E-state index is 11.4. The number of ether oxygens (including phenoxy) is 1. The van der Waals surface area contributed by atoms with Gasteiger partial charge in [0.15, 0.2) is 0 Å². The van der Waals surface area contributed by atoms with Gasteiger partial charge in [-0.05, 0) is 33.2 Å². The fraction of sp³-hybridized carbons (Fsp3) is 0.909. The molecule has 2 unspecified atom stereocenters. The van der Waals surface area contributed by atoms with Gasteiger partial charge in [0.05, 0.1) is 7.11 Å². The van der Waals surface area contributed by atoms with Crippen LogP contribution in [0.3, 0.4) is 0 Å². The van der Waals surface area contributed by atoms with Crippen molar-refractivity contribution in [1.29, 1.82) is 0 Å². The van der Waals surface area contributed by atoms with Gasteiger partial charge >= 0.3 is 5.97 Å². The molecule has 0 aromatic carbocycles. The van der Waals surface area contributed by atoms with E-state index in [0.29, 0.717) is 6.04 Å². The third-order valence-electron chi connectivity index (χ3n) is 3.14. The molecule has 3 nitrogen and oxygen atoms in total. The van der Waals surface area contributed by atoms with Gasteiger partial charge in [0.25, 0.3) is 0 Å². The van der Waals surface area contributed by atoms with Crippen LogP contribution >= 0.6 is 0 Å². The molecule has 2 atom stereocenters. The zero-order valence-electron chi connectivity index (χ0n) is 9.45. The molecule has 0 aliphatic carbocycles. The SMILES string of the molecule is COC(=O)C(C)N1CCCCCC1C. The van der Waals surface area contributed by atoms with E-state index in [0.717, 1.165) is 6.54 Å². The summed E-state index contributed by atoms with van der Waals surface area (Å²) in [5.74, 6) is -0.112. The lowest BCUT2D eigenvalue weighted by molar-refractivity contribution is -0.147. The molecule has 1 rings (SSSR count). The van der Waals surface area contributed by atoms with Crippen LogP contribution in [0.2, 0.25) is 0 Å². The van der Waals surface area contributed by atoms with Gasteiger partial charge < -0.3 is 4.74 Å². The molecule has 1 heterocycles. The fourth-order valence-electron chi connectivity index (χ4n) is 2.18. The fourth-order valence-corrected chi connectivity index (χ4v) is 2.18. The van der Waals surface area contributed by atoms with E-state index in [1.54, 1.807) is 0 Å². The Morgan fingerprint density at radius 1 is 1.43 bits per heavy atom. The molecule has 82 valence electrons. The Bertz CT molecular complexity index is 194. The molecule has 0 N–H and O–H groups in total. The second kappa shape index (κ2) is 5.35. The highest BCUT2D eigenvalue weighted by atomic mass is 16.5. The van der Waals surface area contributed by atoms with Gasteiger partial charge in [-0.25, -0.2) is 0 Å². The Kier molecular flexibility index (Phi) is 4.39. The molecule has 14 heavy (non-hydrogen) atoms. The highest BCUT2D eigenvalue weighted by Crippen LogP contribution is 2.19. The van der Waals surface area contributed by atoms with Crippen molar-refractivity contribution in [3.63, 3.8) is 0 Å². The maximum absolute atomic E-state index is 11.4. The van der Waals surface area contributed by atoms with Crippen molar-refractivity contribution in [2.75, 3.05) is 13.7 Å². The minimum atomic E-state index is -0.112. The first-order valence-corrected chi connectivity index (χ1v) is 5.50. The highest BCUT2D eigenvalue weighted by Gasteiger charge is 2.26. The Labute approximate surface area is 86.4 Å². The van der Waals surface area contributed by atoms with Crippen molar-refractivity contribution in [2.45, 2.75) is 51.6 Å². The number of carbonyl (C=O) groups excluding carboxylic acids is 1. The van der Waals surface area contributed by atoms with Crippen molar-refractivity contribution >= 4 is 5.97 Å². The molecular weight excluding hydrogens is 178 g/mol. The van der Waals surface area contributed by atoms with Crippen molar-refractivity contribution in [2.24, 2.45) is 0 Å². The predicted octanol–water partition coefficient (Wildman–Crippen LogP) is 1.81. The van der Waals surface area contributed by atoms with Gasteiger partial charge in [-0.1, -0.05) is 12.8 Å². The van der Waals surface area contributed by atoms with Crippen molar-refractivity contribution < 1.29 is 9.53 Å². The summed E-state index contributed by atoms with van der Waals surface area (Å²) in [6, 6.07) is 0.416. The first-order valence-electron chi connectivity index (χ1n) is 5.50. The molecule has 0 aromatic rings. The number of nitrogens with zero attached hydrogens (tertiary/aromatic N) is 1. The molecular formula is C11H21NO2. The molecule has 1 aliphatic heterocycles. The minimum Gasteiger partial charge on any atom is -0.468 e. The van der Waals surface area contributed by atoms with Crippen molar-refractivity contribution in [3.05, 3.63) is 0 Å². The van der Waals surface area contributed by atoms with Crippen LogP contribution in [0.25, 0.3) is 0 Å². The van der Waals surface area contributed by atoms with E-state index in [4.69, 9.17) is 4.74 Å². The average Bonchev–Trinajstić information content (AvgIpc) is 2.40. The standard InChI is InChI=1S/C11H21NO2/c1-9-7-5-4-6-8-12(9)10(2)11(13)14-3/h9-10H,4-8H2,1-3H3. The average molecular weight is 199 g/mol. The number of esters is 1. The maximum Gasteiger partial charge on any atom is 0.322 e. The van der Waals surface area contributed by atoms with Crippen LogP contribution in [-0.4, -0.2) is 36.6 Å². The lowest BCUT2D eigenvalue weighted by atomic mass is 10.1. The topological polar surface area (TPSA) is 29.5 Å². The van der Waals surface area contributed by atoms with Crippen LogP contribution in [0.15, 0.2) is 0 Å². The first kappa shape index (κ1) is 11.5. The summed E-state index contributed by atoms with van der Waals surface area (Å²) in [6.07, 6.45) is 4.97. The number of hydrogen-bond acceptors (Lipinski definition) is 3. The van der Waals surface area contributed by atoms with E-state index < -0.39 is 0 Å². The number of hydrogen-bond donors (Lipinski definition) is 0. The van der Waals surface area contributed by atoms with Gasteiger partial charge in [0, 0.05) is 6.04 Å². The Hall–Kier alpha value is -0.570. The van der Waals surface area contributed by atoms with Crippen LogP contribution in [0, 0.1) is 0 Å². The quantitative estimate of drug-likeness (QED) is 0.635. The Balaban J connectivity index is 2.58. The monoisotopic (exact) mass is 199 g/mol. The molecule has 0 radical (unpaired) electrons. The highest BCUT2D eigenvalue weighted by molar-refractivity contribution is 5.75. The Morgan fingerprint density at radius 2 is 2.14 bits per heavy atom. The van der Waals surface area contributed by atoms with Crippen LogP contribution in [0.4, 0.5) is 0 Å². The summed E-state index contributed by atoms with van der Waals surface area (Å²) in [5, 5.41) is 0. The zero-order valence-corrected chi connectivity index (χ0v) is 9.45. The van der Waals surface area contributed by atoms with Crippen LogP contribution in [0.1, 0.15) is 39.5 Å². The smallest absolute Gasteiger partial charge is 0.322 e. The molecule has 1 aliphatic rings. The number of rotatable bonds is 2. The summed E-state index contributed by atoms with van der Waals surface area (Å²) < 4.78 is 4.77. The molecule has 1 saturated heterocycles. The summed E-state index contributed by atoms with van der Waals surface area (Å²) in [5.41, 5.74) is 0. The molecule has 0 amide bonds. The third-order valence-corrected chi connectivity index (χ3v) is 3.14. The first-order chi connectivity index (χ1) is 6.66. The molecule has 0 aromatic heterocycles. The summed E-state index contributed by atoms with van der Waals surface area (Å²) in [7, 11) is 1.46. The van der Waals surface area contributed by atoms with Crippen molar-refractivity contribution in [3.8, 4) is 0 Å².